The molecular formula is C19H22F2N2O3S2. The zero-order valence-corrected chi connectivity index (χ0v) is 16.9. The summed E-state index contributed by atoms with van der Waals surface area (Å²) in [5, 5.41) is 0.00247. The predicted molar refractivity (Wildman–Crippen MR) is 106 cm³/mol. The molecule has 0 bridgehead atoms. The molecule has 5 nitrogen and oxygen atoms in total. The van der Waals surface area contributed by atoms with Gasteiger partial charge in [0.05, 0.1) is 23.2 Å². The Hall–Kier alpha value is -1.48. The van der Waals surface area contributed by atoms with Crippen molar-refractivity contribution in [2.75, 3.05) is 16.4 Å². The number of carbonyl (C=O) groups excluding carboxylic acids is 1. The van der Waals surface area contributed by atoms with E-state index in [0.29, 0.717) is 17.5 Å². The summed E-state index contributed by atoms with van der Waals surface area (Å²) in [5.41, 5.74) is 0.0563. The van der Waals surface area contributed by atoms with E-state index in [2.05, 4.69) is 4.99 Å². The number of sulfone groups is 1. The highest BCUT2D eigenvalue weighted by Crippen LogP contribution is 2.42. The fraction of sp³-hybridized carbons (Fsp3) is 0.579. The summed E-state index contributed by atoms with van der Waals surface area (Å²) < 4.78 is 51.8. The van der Waals surface area contributed by atoms with E-state index in [4.69, 9.17) is 0 Å². The molecule has 1 aromatic carbocycles. The molecule has 2 atom stereocenters. The van der Waals surface area contributed by atoms with Crippen LogP contribution in [0, 0.1) is 17.6 Å². The largest absolute Gasteiger partial charge is 0.313 e. The lowest BCUT2D eigenvalue weighted by molar-refractivity contribution is -0.118. The van der Waals surface area contributed by atoms with Crippen molar-refractivity contribution in [3.63, 3.8) is 0 Å². The van der Waals surface area contributed by atoms with Crippen molar-refractivity contribution in [1.29, 1.82) is 0 Å². The zero-order chi connectivity index (χ0) is 19.9. The maximum Gasteiger partial charge on any atom is 0.248 e. The van der Waals surface area contributed by atoms with Gasteiger partial charge < -0.3 is 4.90 Å². The average Bonchev–Trinajstić information content (AvgIpc) is 3.29. The standard InChI is InChI=1S/C19H22F2N2O3S2/c20-13-6-7-15(14(21)9-13)23-16-10-28(25,26)11-17(16)27-19(23)22-18(24)8-5-12-3-1-2-4-12/h6-7,9,12,16-17H,1-5,8,10-11H2. The number of thioether (sulfide) groups is 1. The molecule has 2 unspecified atom stereocenters. The van der Waals surface area contributed by atoms with Crippen LogP contribution in [0.3, 0.4) is 0 Å². The van der Waals surface area contributed by atoms with Crippen LogP contribution >= 0.6 is 11.8 Å². The van der Waals surface area contributed by atoms with Crippen LogP contribution in [0.5, 0.6) is 0 Å². The van der Waals surface area contributed by atoms with Crippen molar-refractivity contribution < 1.29 is 22.0 Å². The van der Waals surface area contributed by atoms with Gasteiger partial charge >= 0.3 is 0 Å². The minimum Gasteiger partial charge on any atom is -0.313 e. The number of amides is 1. The lowest BCUT2D eigenvalue weighted by atomic mass is 10.0. The Kier molecular flexibility index (Phi) is 5.48. The van der Waals surface area contributed by atoms with Gasteiger partial charge in [-0.1, -0.05) is 37.4 Å². The molecule has 1 saturated carbocycles. The van der Waals surface area contributed by atoms with E-state index in [0.717, 1.165) is 31.4 Å². The molecule has 152 valence electrons. The number of hydrogen-bond donors (Lipinski definition) is 0. The van der Waals surface area contributed by atoms with E-state index >= 15 is 0 Å². The number of carbonyl (C=O) groups is 1. The average molecular weight is 429 g/mol. The smallest absolute Gasteiger partial charge is 0.248 e. The second kappa shape index (κ2) is 7.74. The van der Waals surface area contributed by atoms with Gasteiger partial charge in [0, 0.05) is 17.7 Å². The van der Waals surface area contributed by atoms with Gasteiger partial charge in [-0.05, 0) is 24.5 Å². The van der Waals surface area contributed by atoms with Crippen LogP contribution in [0.15, 0.2) is 23.2 Å². The minimum atomic E-state index is -3.24. The summed E-state index contributed by atoms with van der Waals surface area (Å²) in [7, 11) is -3.24. The molecule has 3 aliphatic rings. The normalized spacial score (nSPS) is 28.2. The lowest BCUT2D eigenvalue weighted by Gasteiger charge is -2.25. The van der Waals surface area contributed by atoms with E-state index in [9.17, 15) is 22.0 Å². The van der Waals surface area contributed by atoms with Gasteiger partial charge in [0.15, 0.2) is 15.0 Å². The van der Waals surface area contributed by atoms with Crippen molar-refractivity contribution in [1.82, 2.24) is 0 Å². The molecule has 2 aliphatic heterocycles. The minimum absolute atomic E-state index is 0.0308. The maximum absolute atomic E-state index is 14.4. The molecule has 0 aromatic heterocycles. The molecular weight excluding hydrogens is 406 g/mol. The zero-order valence-electron chi connectivity index (χ0n) is 15.3. The van der Waals surface area contributed by atoms with E-state index in [1.54, 1.807) is 0 Å². The number of halogens is 2. The van der Waals surface area contributed by atoms with Crippen LogP contribution in [0.25, 0.3) is 0 Å². The number of benzene rings is 1. The Morgan fingerprint density at radius 3 is 2.68 bits per heavy atom. The van der Waals surface area contributed by atoms with E-state index in [-0.39, 0.29) is 28.4 Å². The van der Waals surface area contributed by atoms with Crippen molar-refractivity contribution in [2.24, 2.45) is 10.9 Å². The first-order valence-corrected chi connectivity index (χ1v) is 12.3. The Balaban J connectivity index is 1.58. The van der Waals surface area contributed by atoms with Crippen molar-refractivity contribution >= 4 is 38.4 Å². The molecule has 1 aromatic rings. The number of rotatable bonds is 4. The molecule has 0 N–H and O–H groups in total. The van der Waals surface area contributed by atoms with Crippen molar-refractivity contribution in [3.05, 3.63) is 29.8 Å². The van der Waals surface area contributed by atoms with E-state index < -0.39 is 27.5 Å². The van der Waals surface area contributed by atoms with Gasteiger partial charge in [-0.25, -0.2) is 17.2 Å². The van der Waals surface area contributed by atoms with Gasteiger partial charge in [-0.15, -0.1) is 0 Å². The first kappa shape index (κ1) is 19.8. The molecule has 1 aliphatic carbocycles. The van der Waals surface area contributed by atoms with E-state index in [1.165, 1.54) is 35.6 Å². The molecule has 4 rings (SSSR count). The molecule has 3 fully saturated rings. The summed E-state index contributed by atoms with van der Waals surface area (Å²) in [5.74, 6) is -1.37. The Morgan fingerprint density at radius 2 is 1.96 bits per heavy atom. The van der Waals surface area contributed by atoms with Gasteiger partial charge in [0.2, 0.25) is 5.91 Å². The fourth-order valence-electron chi connectivity index (χ4n) is 4.31. The number of fused-ring (bicyclic) bond motifs is 1. The molecule has 9 heteroatoms. The monoisotopic (exact) mass is 428 g/mol. The van der Waals surface area contributed by atoms with E-state index in [1.807, 2.05) is 0 Å². The number of nitrogens with zero attached hydrogens (tertiary/aromatic N) is 2. The lowest BCUT2D eigenvalue weighted by Crippen LogP contribution is -2.38. The maximum atomic E-state index is 14.4. The molecule has 0 radical (unpaired) electrons. The molecule has 2 saturated heterocycles. The summed E-state index contributed by atoms with van der Waals surface area (Å²) in [4.78, 5) is 18.1. The second-order valence-electron chi connectivity index (χ2n) is 7.74. The van der Waals surface area contributed by atoms with Gasteiger partial charge in [0.25, 0.3) is 0 Å². The summed E-state index contributed by atoms with van der Waals surface area (Å²) in [6.07, 6.45) is 5.84. The quantitative estimate of drug-likeness (QED) is 0.734. The SMILES string of the molecule is O=C(CCC1CCCC1)N=C1SC2CS(=O)(=O)CC2N1c1ccc(F)cc1F. The molecule has 0 spiro atoms. The topological polar surface area (TPSA) is 66.8 Å². The number of anilines is 1. The number of amidine groups is 1. The summed E-state index contributed by atoms with van der Waals surface area (Å²) in [6.45, 7) is 0. The highest BCUT2D eigenvalue weighted by Gasteiger charge is 2.50. The fourth-order valence-corrected chi connectivity index (χ4v) is 8.24. The van der Waals surface area contributed by atoms with Crippen LogP contribution in [-0.2, 0) is 14.6 Å². The number of aliphatic imine (C=N–C) groups is 1. The van der Waals surface area contributed by atoms with Crippen LogP contribution in [-0.4, -0.2) is 42.3 Å². The first-order chi connectivity index (χ1) is 13.3. The number of hydrogen-bond acceptors (Lipinski definition) is 4. The third kappa shape index (κ3) is 4.10. The highest BCUT2D eigenvalue weighted by atomic mass is 32.2. The Morgan fingerprint density at radius 1 is 1.21 bits per heavy atom. The molecule has 28 heavy (non-hydrogen) atoms. The third-order valence-electron chi connectivity index (χ3n) is 5.70. The Labute approximate surface area is 167 Å². The van der Waals surface area contributed by atoms with Crippen LogP contribution in [0.4, 0.5) is 14.5 Å². The van der Waals surface area contributed by atoms with Crippen molar-refractivity contribution in [2.45, 2.75) is 49.8 Å². The van der Waals surface area contributed by atoms with Gasteiger partial charge in [0.1, 0.15) is 11.6 Å². The molecule has 2 heterocycles. The van der Waals surface area contributed by atoms with Gasteiger partial charge in [-0.3, -0.25) is 4.79 Å². The van der Waals surface area contributed by atoms with Crippen LogP contribution in [0.1, 0.15) is 38.5 Å². The molecule has 1 amide bonds. The van der Waals surface area contributed by atoms with Gasteiger partial charge in [-0.2, -0.15) is 4.99 Å². The van der Waals surface area contributed by atoms with Crippen molar-refractivity contribution in [3.8, 4) is 0 Å². The predicted octanol–water partition coefficient (Wildman–Crippen LogP) is 3.54. The Bertz CT molecular complexity index is 914. The third-order valence-corrected chi connectivity index (χ3v) is 8.91. The first-order valence-electron chi connectivity index (χ1n) is 9.55. The second-order valence-corrected chi connectivity index (χ2v) is 11.1. The van der Waals surface area contributed by atoms with Crippen LogP contribution < -0.4 is 4.90 Å². The highest BCUT2D eigenvalue weighted by molar-refractivity contribution is 8.16. The van der Waals surface area contributed by atoms with Crippen LogP contribution in [0.2, 0.25) is 0 Å². The summed E-state index contributed by atoms with van der Waals surface area (Å²) in [6, 6.07) is 2.66. The summed E-state index contributed by atoms with van der Waals surface area (Å²) >= 11 is 1.20.